The number of nitrogens with one attached hydrogen (secondary N) is 1. The number of anilines is 1. The normalized spacial score (nSPS) is 15.4. The number of benzene rings is 1. The second kappa shape index (κ2) is 9.24. The van der Waals surface area contributed by atoms with Gasteiger partial charge in [0.05, 0.1) is 29.3 Å². The third-order valence-corrected chi connectivity index (χ3v) is 6.31. The summed E-state index contributed by atoms with van der Waals surface area (Å²) in [5, 5.41) is 16.2. The van der Waals surface area contributed by atoms with E-state index in [1.54, 1.807) is 0 Å². The summed E-state index contributed by atoms with van der Waals surface area (Å²) < 4.78 is 4.05. The topological polar surface area (TPSA) is 80.9 Å². The second-order valence-electron chi connectivity index (χ2n) is 9.08. The van der Waals surface area contributed by atoms with Crippen LogP contribution in [0.1, 0.15) is 61.4 Å². The van der Waals surface area contributed by atoms with Crippen LogP contribution in [0.5, 0.6) is 0 Å². The van der Waals surface area contributed by atoms with Crippen molar-refractivity contribution in [1.82, 2.24) is 29.4 Å². The van der Waals surface area contributed by atoms with Crippen LogP contribution in [0.25, 0.3) is 5.69 Å². The minimum atomic E-state index is 0.00320. The smallest absolute Gasteiger partial charge is 0.238 e. The molecule has 1 aliphatic rings. The van der Waals surface area contributed by atoms with Gasteiger partial charge in [-0.3, -0.25) is 9.69 Å². The first kappa shape index (κ1) is 22.2. The molecule has 8 heteroatoms. The molecule has 32 heavy (non-hydrogen) atoms. The van der Waals surface area contributed by atoms with Gasteiger partial charge in [-0.2, -0.15) is 5.10 Å². The minimum absolute atomic E-state index is 0.00320. The molecule has 1 amide bonds. The van der Waals surface area contributed by atoms with Gasteiger partial charge in [0.1, 0.15) is 12.2 Å². The number of aryl methyl sites for hydroxylation is 2. The lowest BCUT2D eigenvalue weighted by atomic mass is 9.95. The molecular formula is C24H33N7O. The summed E-state index contributed by atoms with van der Waals surface area (Å²) >= 11 is 0. The Morgan fingerprint density at radius 3 is 2.47 bits per heavy atom. The van der Waals surface area contributed by atoms with E-state index in [4.69, 9.17) is 0 Å². The van der Waals surface area contributed by atoms with Crippen LogP contribution in [0.2, 0.25) is 0 Å². The number of nitrogens with zero attached hydrogens (tertiary/aromatic N) is 6. The van der Waals surface area contributed by atoms with Gasteiger partial charge in [0.2, 0.25) is 5.91 Å². The Balaban J connectivity index is 1.36. The van der Waals surface area contributed by atoms with E-state index < -0.39 is 0 Å². The molecule has 1 aromatic carbocycles. The van der Waals surface area contributed by atoms with Crippen molar-refractivity contribution in [2.24, 2.45) is 0 Å². The van der Waals surface area contributed by atoms with E-state index in [1.165, 1.54) is 5.56 Å². The monoisotopic (exact) mass is 435 g/mol. The highest BCUT2D eigenvalue weighted by molar-refractivity contribution is 5.93. The Morgan fingerprint density at radius 2 is 1.81 bits per heavy atom. The maximum absolute atomic E-state index is 12.8. The first-order chi connectivity index (χ1) is 15.3. The maximum atomic E-state index is 12.8. The first-order valence-corrected chi connectivity index (χ1v) is 11.4. The van der Waals surface area contributed by atoms with E-state index in [2.05, 4.69) is 63.0 Å². The summed E-state index contributed by atoms with van der Waals surface area (Å²) in [6.07, 6.45) is 3.80. The molecule has 170 valence electrons. The lowest BCUT2D eigenvalue weighted by molar-refractivity contribution is -0.117. The van der Waals surface area contributed by atoms with Crippen molar-refractivity contribution in [2.45, 2.75) is 59.4 Å². The van der Waals surface area contributed by atoms with Gasteiger partial charge in [0.25, 0.3) is 0 Å². The molecule has 0 unspecified atom stereocenters. The summed E-state index contributed by atoms with van der Waals surface area (Å²) in [6, 6.07) is 8.58. The van der Waals surface area contributed by atoms with Crippen LogP contribution in [-0.2, 0) is 4.79 Å². The largest absolute Gasteiger partial charge is 0.322 e. The SMILES string of the molecule is Cc1ccc(-n2nc(C)c(NC(=O)CN3CCC(c4nncn4C(C)C)CC3)c2C)cc1. The minimum Gasteiger partial charge on any atom is -0.322 e. The highest BCUT2D eigenvalue weighted by Crippen LogP contribution is 2.28. The molecule has 1 aliphatic heterocycles. The fourth-order valence-corrected chi connectivity index (χ4v) is 4.43. The molecule has 3 aromatic rings. The average molecular weight is 436 g/mol. The number of hydrogen-bond acceptors (Lipinski definition) is 5. The Hall–Kier alpha value is -3.00. The molecule has 4 rings (SSSR count). The van der Waals surface area contributed by atoms with E-state index in [1.807, 2.05) is 37.0 Å². The molecule has 1 fully saturated rings. The zero-order chi connectivity index (χ0) is 22.8. The van der Waals surface area contributed by atoms with Crippen molar-refractivity contribution in [3.05, 3.63) is 53.4 Å². The van der Waals surface area contributed by atoms with Gasteiger partial charge in [-0.15, -0.1) is 10.2 Å². The molecule has 1 saturated heterocycles. The summed E-state index contributed by atoms with van der Waals surface area (Å²) in [4.78, 5) is 15.0. The molecule has 0 saturated carbocycles. The van der Waals surface area contributed by atoms with Crippen molar-refractivity contribution in [3.63, 3.8) is 0 Å². The molecular weight excluding hydrogens is 402 g/mol. The van der Waals surface area contributed by atoms with Crippen LogP contribution in [0.15, 0.2) is 30.6 Å². The highest BCUT2D eigenvalue weighted by atomic mass is 16.2. The number of carbonyl (C=O) groups excluding carboxylic acids is 1. The summed E-state index contributed by atoms with van der Waals surface area (Å²) in [5.41, 5.74) is 4.76. The molecule has 0 bridgehead atoms. The Bertz CT molecular complexity index is 1070. The van der Waals surface area contributed by atoms with Crippen LogP contribution in [0.3, 0.4) is 0 Å². The highest BCUT2D eigenvalue weighted by Gasteiger charge is 2.26. The second-order valence-corrected chi connectivity index (χ2v) is 9.08. The van der Waals surface area contributed by atoms with Gasteiger partial charge < -0.3 is 9.88 Å². The van der Waals surface area contributed by atoms with Crippen molar-refractivity contribution >= 4 is 11.6 Å². The van der Waals surface area contributed by atoms with Crippen LogP contribution in [0, 0.1) is 20.8 Å². The number of rotatable bonds is 6. The number of likely N-dealkylation sites (tertiary alicyclic amines) is 1. The fourth-order valence-electron chi connectivity index (χ4n) is 4.43. The summed E-state index contributed by atoms with van der Waals surface area (Å²) in [7, 11) is 0. The summed E-state index contributed by atoms with van der Waals surface area (Å²) in [5.74, 6) is 1.47. The third-order valence-electron chi connectivity index (χ3n) is 6.31. The van der Waals surface area contributed by atoms with Crippen LogP contribution in [0.4, 0.5) is 5.69 Å². The quantitative estimate of drug-likeness (QED) is 0.637. The fraction of sp³-hybridized carbons (Fsp3) is 0.500. The molecule has 3 heterocycles. The number of aromatic nitrogens is 5. The van der Waals surface area contributed by atoms with Gasteiger partial charge in [-0.25, -0.2) is 4.68 Å². The number of carbonyl (C=O) groups is 1. The lowest BCUT2D eigenvalue weighted by Crippen LogP contribution is -2.39. The Labute approximate surface area is 189 Å². The van der Waals surface area contributed by atoms with E-state index in [0.717, 1.165) is 54.5 Å². The van der Waals surface area contributed by atoms with E-state index >= 15 is 0 Å². The first-order valence-electron chi connectivity index (χ1n) is 11.4. The summed E-state index contributed by atoms with van der Waals surface area (Å²) in [6.45, 7) is 12.4. The molecule has 8 nitrogen and oxygen atoms in total. The molecule has 0 aliphatic carbocycles. The van der Waals surface area contributed by atoms with Gasteiger partial charge in [-0.1, -0.05) is 17.7 Å². The number of hydrogen-bond donors (Lipinski definition) is 1. The van der Waals surface area contributed by atoms with Crippen molar-refractivity contribution < 1.29 is 4.79 Å². The standard InChI is InChI=1S/C24H33N7O/c1-16(2)30-15-25-27-24(30)20-10-12-29(13-11-20)14-22(32)26-23-18(4)28-31(19(23)5)21-8-6-17(3)7-9-21/h6-9,15-16,20H,10-14H2,1-5H3,(H,26,32). The number of piperidine rings is 1. The van der Waals surface area contributed by atoms with Crippen molar-refractivity contribution in [2.75, 3.05) is 25.0 Å². The Morgan fingerprint density at radius 1 is 1.12 bits per heavy atom. The molecule has 0 radical (unpaired) electrons. The van der Waals surface area contributed by atoms with Crippen molar-refractivity contribution in [1.29, 1.82) is 0 Å². The maximum Gasteiger partial charge on any atom is 0.238 e. The predicted octanol–water partition coefficient (Wildman–Crippen LogP) is 3.79. The average Bonchev–Trinajstić information content (AvgIpc) is 3.36. The third kappa shape index (κ3) is 4.60. The zero-order valence-electron chi connectivity index (χ0n) is 19.7. The molecule has 0 spiro atoms. The molecule has 0 atom stereocenters. The van der Waals surface area contributed by atoms with Gasteiger partial charge in [0.15, 0.2) is 0 Å². The Kier molecular flexibility index (Phi) is 6.41. The van der Waals surface area contributed by atoms with Gasteiger partial charge in [-0.05, 0) is 72.7 Å². The van der Waals surface area contributed by atoms with E-state index in [-0.39, 0.29) is 5.91 Å². The zero-order valence-corrected chi connectivity index (χ0v) is 19.7. The van der Waals surface area contributed by atoms with Gasteiger partial charge in [0, 0.05) is 12.0 Å². The van der Waals surface area contributed by atoms with E-state index in [0.29, 0.717) is 18.5 Å². The number of amides is 1. The van der Waals surface area contributed by atoms with Crippen LogP contribution >= 0.6 is 0 Å². The predicted molar refractivity (Wildman–Crippen MR) is 125 cm³/mol. The van der Waals surface area contributed by atoms with Crippen LogP contribution in [-0.4, -0.2) is 55.0 Å². The molecule has 1 N–H and O–H groups in total. The van der Waals surface area contributed by atoms with Crippen molar-refractivity contribution in [3.8, 4) is 5.69 Å². The van der Waals surface area contributed by atoms with Gasteiger partial charge >= 0.3 is 0 Å². The van der Waals surface area contributed by atoms with E-state index in [9.17, 15) is 4.79 Å². The van der Waals surface area contributed by atoms with Crippen LogP contribution < -0.4 is 5.32 Å². The molecule has 2 aromatic heterocycles. The lowest BCUT2D eigenvalue weighted by Gasteiger charge is -2.31.